The van der Waals surface area contributed by atoms with Crippen molar-refractivity contribution in [2.45, 2.75) is 52.9 Å². The van der Waals surface area contributed by atoms with Gasteiger partial charge in [-0.2, -0.15) is 0 Å². The van der Waals surface area contributed by atoms with E-state index in [9.17, 15) is 14.4 Å². The lowest BCUT2D eigenvalue weighted by atomic mass is 9.91. The molecule has 0 aromatic carbocycles. The molecule has 132 valence electrons. The summed E-state index contributed by atoms with van der Waals surface area (Å²) < 4.78 is 0. The van der Waals surface area contributed by atoms with Crippen molar-refractivity contribution in [1.82, 2.24) is 0 Å². The fraction of sp³-hybridized carbons (Fsp3) is 0.824. The van der Waals surface area contributed by atoms with Crippen molar-refractivity contribution < 1.29 is 14.4 Å². The molecule has 6 heteroatoms. The van der Waals surface area contributed by atoms with Crippen LogP contribution in [0.2, 0.25) is 0 Å². The van der Waals surface area contributed by atoms with E-state index in [-0.39, 0.29) is 15.3 Å². The van der Waals surface area contributed by atoms with E-state index >= 15 is 0 Å². The lowest BCUT2D eigenvalue weighted by Gasteiger charge is -2.18. The van der Waals surface area contributed by atoms with Crippen molar-refractivity contribution >= 4 is 50.6 Å². The maximum absolute atomic E-state index is 11.1. The van der Waals surface area contributed by atoms with Gasteiger partial charge in [0.15, 0.2) is 15.3 Å². The fourth-order valence-corrected chi connectivity index (χ4v) is 5.51. The molecule has 1 saturated carbocycles. The van der Waals surface area contributed by atoms with Gasteiger partial charge in [-0.3, -0.25) is 14.4 Å². The highest BCUT2D eigenvalue weighted by molar-refractivity contribution is 8.14. The number of thioether (sulfide) groups is 3. The molecule has 2 atom stereocenters. The Morgan fingerprint density at radius 2 is 1.04 bits per heavy atom. The summed E-state index contributed by atoms with van der Waals surface area (Å²) in [6.07, 6.45) is 5.72. The third-order valence-corrected chi connectivity index (χ3v) is 6.90. The lowest BCUT2D eigenvalue weighted by molar-refractivity contribution is -0.109. The lowest BCUT2D eigenvalue weighted by Crippen LogP contribution is -2.10. The van der Waals surface area contributed by atoms with Gasteiger partial charge in [-0.25, -0.2) is 0 Å². The van der Waals surface area contributed by atoms with E-state index in [4.69, 9.17) is 0 Å². The van der Waals surface area contributed by atoms with Crippen LogP contribution >= 0.6 is 35.3 Å². The van der Waals surface area contributed by atoms with E-state index < -0.39 is 0 Å². The van der Waals surface area contributed by atoms with Gasteiger partial charge in [0, 0.05) is 38.0 Å². The van der Waals surface area contributed by atoms with Crippen molar-refractivity contribution in [2.75, 3.05) is 17.3 Å². The van der Waals surface area contributed by atoms with E-state index in [0.29, 0.717) is 17.8 Å². The normalized spacial score (nSPS) is 23.9. The van der Waals surface area contributed by atoms with E-state index in [1.165, 1.54) is 48.1 Å². The van der Waals surface area contributed by atoms with Crippen LogP contribution in [0.1, 0.15) is 52.9 Å². The Labute approximate surface area is 152 Å². The first-order valence-corrected chi connectivity index (χ1v) is 11.2. The van der Waals surface area contributed by atoms with Gasteiger partial charge in [0.05, 0.1) is 0 Å². The molecule has 0 saturated heterocycles. The van der Waals surface area contributed by atoms with Crippen LogP contribution in [0.3, 0.4) is 0 Å². The van der Waals surface area contributed by atoms with Gasteiger partial charge in [-0.15, -0.1) is 0 Å². The maximum Gasteiger partial charge on any atom is 0.185 e. The second kappa shape index (κ2) is 11.6. The van der Waals surface area contributed by atoms with Crippen LogP contribution in [-0.4, -0.2) is 32.6 Å². The molecule has 1 aliphatic carbocycles. The quantitative estimate of drug-likeness (QED) is 0.584. The third kappa shape index (κ3) is 9.82. The van der Waals surface area contributed by atoms with Crippen LogP contribution in [0.25, 0.3) is 0 Å². The zero-order valence-corrected chi connectivity index (χ0v) is 16.8. The van der Waals surface area contributed by atoms with E-state index in [0.717, 1.165) is 36.5 Å². The molecule has 3 nitrogen and oxygen atoms in total. The minimum atomic E-state index is 0.195. The maximum atomic E-state index is 11.1. The highest BCUT2D eigenvalue weighted by atomic mass is 32.2. The highest BCUT2D eigenvalue weighted by Crippen LogP contribution is 2.43. The molecule has 1 rings (SSSR count). The zero-order chi connectivity index (χ0) is 17.2. The predicted octanol–water partition coefficient (Wildman–Crippen LogP) is 4.64. The summed E-state index contributed by atoms with van der Waals surface area (Å²) in [5, 5.41) is 0.592. The van der Waals surface area contributed by atoms with Crippen LogP contribution in [-0.2, 0) is 14.4 Å². The molecule has 2 unspecified atom stereocenters. The Bertz CT molecular complexity index is 384. The largest absolute Gasteiger partial charge is 0.288 e. The zero-order valence-electron chi connectivity index (χ0n) is 14.3. The summed E-state index contributed by atoms with van der Waals surface area (Å²) in [6, 6.07) is 0. The average Bonchev–Trinajstić information content (AvgIpc) is 2.80. The van der Waals surface area contributed by atoms with Crippen LogP contribution in [0, 0.1) is 17.8 Å². The van der Waals surface area contributed by atoms with E-state index in [2.05, 4.69) is 0 Å². The molecule has 0 spiro atoms. The van der Waals surface area contributed by atoms with Gasteiger partial charge in [0.1, 0.15) is 0 Å². The standard InChI is InChI=1S/C17H28O3S3/c1-12(18)21-7-4-15-10-16(5-8-22-13(2)19)17(11-15)6-9-23-14(3)20/h15-17H,4-11H2,1-3H3. The van der Waals surface area contributed by atoms with Crippen LogP contribution < -0.4 is 0 Å². The first kappa shape index (κ1) is 21.1. The molecule has 0 aromatic heterocycles. The van der Waals surface area contributed by atoms with Gasteiger partial charge in [0.25, 0.3) is 0 Å². The summed E-state index contributed by atoms with van der Waals surface area (Å²) in [5.41, 5.74) is 0. The Hall–Kier alpha value is 0.0600. The van der Waals surface area contributed by atoms with Gasteiger partial charge < -0.3 is 0 Å². The minimum absolute atomic E-state index is 0.195. The van der Waals surface area contributed by atoms with Crippen molar-refractivity contribution in [2.24, 2.45) is 17.8 Å². The van der Waals surface area contributed by atoms with Gasteiger partial charge in [-0.05, 0) is 49.9 Å². The molecule has 0 amide bonds. The van der Waals surface area contributed by atoms with Crippen LogP contribution in [0.5, 0.6) is 0 Å². The average molecular weight is 377 g/mol. The molecule has 0 heterocycles. The number of carbonyl (C=O) groups excluding carboxylic acids is 3. The molecule has 0 N–H and O–H groups in total. The minimum Gasteiger partial charge on any atom is -0.288 e. The topological polar surface area (TPSA) is 51.2 Å². The van der Waals surface area contributed by atoms with Crippen molar-refractivity contribution in [3.05, 3.63) is 0 Å². The molecule has 1 fully saturated rings. The number of hydrogen-bond donors (Lipinski definition) is 0. The smallest absolute Gasteiger partial charge is 0.185 e. The number of hydrogen-bond acceptors (Lipinski definition) is 6. The second-order valence-electron chi connectivity index (χ2n) is 6.24. The first-order chi connectivity index (χ1) is 10.9. The predicted molar refractivity (Wildman–Crippen MR) is 103 cm³/mol. The van der Waals surface area contributed by atoms with Crippen molar-refractivity contribution in [1.29, 1.82) is 0 Å². The highest BCUT2D eigenvalue weighted by Gasteiger charge is 2.33. The summed E-state index contributed by atoms with van der Waals surface area (Å²) in [6.45, 7) is 4.88. The molecular formula is C17H28O3S3. The van der Waals surface area contributed by atoms with Crippen LogP contribution in [0.15, 0.2) is 0 Å². The summed E-state index contributed by atoms with van der Waals surface area (Å²) in [5.74, 6) is 4.77. The fourth-order valence-electron chi connectivity index (χ4n) is 3.36. The van der Waals surface area contributed by atoms with Gasteiger partial charge >= 0.3 is 0 Å². The number of carbonyl (C=O) groups is 3. The van der Waals surface area contributed by atoms with E-state index in [1.807, 2.05) is 0 Å². The van der Waals surface area contributed by atoms with Crippen LogP contribution in [0.4, 0.5) is 0 Å². The Morgan fingerprint density at radius 1 is 0.696 bits per heavy atom. The Balaban J connectivity index is 2.42. The number of rotatable bonds is 9. The molecule has 23 heavy (non-hydrogen) atoms. The third-order valence-electron chi connectivity index (χ3n) is 4.36. The van der Waals surface area contributed by atoms with Crippen molar-refractivity contribution in [3.63, 3.8) is 0 Å². The SMILES string of the molecule is CC(=O)SCCC1CC(CCSC(C)=O)C(CCSC(C)=O)C1. The molecule has 0 bridgehead atoms. The van der Waals surface area contributed by atoms with E-state index in [1.54, 1.807) is 20.8 Å². The molecule has 0 radical (unpaired) electrons. The summed E-state index contributed by atoms with van der Waals surface area (Å²) in [4.78, 5) is 33.3. The summed E-state index contributed by atoms with van der Waals surface area (Å²) >= 11 is 4.28. The molecule has 1 aliphatic rings. The summed E-state index contributed by atoms with van der Waals surface area (Å²) in [7, 11) is 0. The van der Waals surface area contributed by atoms with Crippen molar-refractivity contribution in [3.8, 4) is 0 Å². The Kier molecular flexibility index (Phi) is 10.6. The molecular weight excluding hydrogens is 348 g/mol. The molecule has 0 aliphatic heterocycles. The monoisotopic (exact) mass is 376 g/mol. The molecule has 0 aromatic rings. The second-order valence-corrected chi connectivity index (χ2v) is 10.1. The Morgan fingerprint density at radius 3 is 1.39 bits per heavy atom. The van der Waals surface area contributed by atoms with Gasteiger partial charge in [-0.1, -0.05) is 35.3 Å². The first-order valence-electron chi connectivity index (χ1n) is 8.28. The van der Waals surface area contributed by atoms with Gasteiger partial charge in [0.2, 0.25) is 0 Å².